The Bertz CT molecular complexity index is 1100. The lowest BCUT2D eigenvalue weighted by Crippen LogP contribution is -2.10. The van der Waals surface area contributed by atoms with Crippen LogP contribution < -0.4 is 10.2 Å². The highest BCUT2D eigenvalue weighted by atomic mass is 35.5. The van der Waals surface area contributed by atoms with Gasteiger partial charge in [-0.3, -0.25) is 4.79 Å². The summed E-state index contributed by atoms with van der Waals surface area (Å²) in [4.78, 5) is 13.0. The number of halogens is 1. The van der Waals surface area contributed by atoms with Crippen LogP contribution in [0.15, 0.2) is 88.1 Å². The predicted octanol–water partition coefficient (Wildman–Crippen LogP) is 5.69. The van der Waals surface area contributed by atoms with Crippen LogP contribution in [0.4, 0.5) is 0 Å². The Morgan fingerprint density at radius 3 is 2.31 bits per heavy atom. The van der Waals surface area contributed by atoms with Gasteiger partial charge < -0.3 is 9.15 Å². The zero-order valence-corrected chi connectivity index (χ0v) is 14.6. The molecule has 0 aliphatic heterocycles. The quantitative estimate of drug-likeness (QED) is 0.468. The van der Waals surface area contributed by atoms with Crippen molar-refractivity contribution < 1.29 is 9.15 Å². The first kappa shape index (κ1) is 16.4. The molecule has 0 bridgehead atoms. The molecule has 0 saturated carbocycles. The maximum atomic E-state index is 13.0. The summed E-state index contributed by atoms with van der Waals surface area (Å²) in [5.74, 6) is 0.608. The van der Waals surface area contributed by atoms with Crippen LogP contribution in [-0.2, 0) is 6.61 Å². The minimum atomic E-state index is -0.187. The largest absolute Gasteiger partial charge is 0.481 e. The molecular formula is C22H15ClO3. The molecule has 1 heterocycles. The Morgan fingerprint density at radius 2 is 1.54 bits per heavy atom. The molecule has 0 aliphatic carbocycles. The molecule has 4 heteroatoms. The van der Waals surface area contributed by atoms with Crippen LogP contribution in [0.3, 0.4) is 0 Å². The second-order valence-electron chi connectivity index (χ2n) is 5.87. The fraction of sp³-hybridized carbons (Fsp3) is 0.0455. The molecule has 0 N–H and O–H groups in total. The third kappa shape index (κ3) is 3.22. The van der Waals surface area contributed by atoms with Crippen molar-refractivity contribution >= 4 is 22.6 Å². The van der Waals surface area contributed by atoms with Crippen LogP contribution in [-0.4, -0.2) is 0 Å². The van der Waals surface area contributed by atoms with Gasteiger partial charge in [0.15, 0.2) is 5.76 Å². The highest BCUT2D eigenvalue weighted by Gasteiger charge is 2.17. The first-order valence-corrected chi connectivity index (χ1v) is 8.59. The fourth-order valence-electron chi connectivity index (χ4n) is 2.78. The summed E-state index contributed by atoms with van der Waals surface area (Å²) in [6, 6.07) is 24.0. The third-order valence-corrected chi connectivity index (χ3v) is 4.34. The van der Waals surface area contributed by atoms with Crippen LogP contribution in [0, 0.1) is 0 Å². The summed E-state index contributed by atoms with van der Waals surface area (Å²) >= 11 is 5.98. The maximum Gasteiger partial charge on any atom is 0.235 e. The van der Waals surface area contributed by atoms with Crippen molar-refractivity contribution in [2.45, 2.75) is 6.61 Å². The number of para-hydroxylation sites is 1. The molecular weight excluding hydrogens is 348 g/mol. The lowest BCUT2D eigenvalue weighted by atomic mass is 10.1. The zero-order chi connectivity index (χ0) is 17.9. The van der Waals surface area contributed by atoms with Gasteiger partial charge in [0.1, 0.15) is 12.2 Å². The normalized spacial score (nSPS) is 10.8. The van der Waals surface area contributed by atoms with Crippen molar-refractivity contribution in [3.05, 3.63) is 99.7 Å². The molecule has 0 spiro atoms. The predicted molar refractivity (Wildman–Crippen MR) is 104 cm³/mol. The molecule has 0 fully saturated rings. The van der Waals surface area contributed by atoms with E-state index in [-0.39, 0.29) is 17.8 Å². The molecule has 0 amide bonds. The Hall–Kier alpha value is -3.04. The van der Waals surface area contributed by atoms with Crippen LogP contribution in [0.5, 0.6) is 5.75 Å². The second-order valence-corrected chi connectivity index (χ2v) is 6.30. The third-order valence-electron chi connectivity index (χ3n) is 4.09. The number of rotatable bonds is 4. The number of ether oxygens (including phenoxy) is 1. The molecule has 4 rings (SSSR count). The summed E-state index contributed by atoms with van der Waals surface area (Å²) in [7, 11) is 0. The molecule has 26 heavy (non-hydrogen) atoms. The number of hydrogen-bond acceptors (Lipinski definition) is 3. The maximum absolute atomic E-state index is 13.0. The molecule has 0 unspecified atom stereocenters. The van der Waals surface area contributed by atoms with Gasteiger partial charge in [-0.05, 0) is 42.0 Å². The highest BCUT2D eigenvalue weighted by Crippen LogP contribution is 2.32. The summed E-state index contributed by atoms with van der Waals surface area (Å²) in [6.07, 6.45) is 0. The number of fused-ring (bicyclic) bond motifs is 1. The van der Waals surface area contributed by atoms with Gasteiger partial charge in [-0.2, -0.15) is 0 Å². The first-order chi connectivity index (χ1) is 12.7. The van der Waals surface area contributed by atoms with E-state index in [1.165, 1.54) is 0 Å². The molecule has 0 radical (unpaired) electrons. The monoisotopic (exact) mass is 362 g/mol. The Morgan fingerprint density at radius 1 is 0.846 bits per heavy atom. The van der Waals surface area contributed by atoms with Crippen LogP contribution in [0.1, 0.15) is 5.56 Å². The minimum Gasteiger partial charge on any atom is -0.481 e. The van der Waals surface area contributed by atoms with E-state index in [9.17, 15) is 4.79 Å². The van der Waals surface area contributed by atoms with Crippen molar-refractivity contribution in [3.63, 3.8) is 0 Å². The smallest absolute Gasteiger partial charge is 0.235 e. The Kier molecular flexibility index (Phi) is 4.46. The molecule has 128 valence electrons. The van der Waals surface area contributed by atoms with E-state index in [1.807, 2.05) is 54.6 Å². The summed E-state index contributed by atoms with van der Waals surface area (Å²) in [5, 5.41) is 1.11. The van der Waals surface area contributed by atoms with Gasteiger partial charge in [0.05, 0.1) is 5.39 Å². The van der Waals surface area contributed by atoms with Gasteiger partial charge in [-0.25, -0.2) is 0 Å². The van der Waals surface area contributed by atoms with Crippen LogP contribution >= 0.6 is 11.6 Å². The van der Waals surface area contributed by atoms with E-state index in [2.05, 4.69) is 0 Å². The Labute approximate surface area is 155 Å². The summed E-state index contributed by atoms with van der Waals surface area (Å²) in [6.45, 7) is 0.282. The van der Waals surface area contributed by atoms with Gasteiger partial charge in [0.2, 0.25) is 11.2 Å². The van der Waals surface area contributed by atoms with E-state index < -0.39 is 0 Å². The van der Waals surface area contributed by atoms with Crippen LogP contribution in [0.25, 0.3) is 22.3 Å². The molecule has 4 aromatic rings. The van der Waals surface area contributed by atoms with Gasteiger partial charge in [0.25, 0.3) is 0 Å². The highest BCUT2D eigenvalue weighted by molar-refractivity contribution is 6.30. The van der Waals surface area contributed by atoms with E-state index in [4.69, 9.17) is 20.8 Å². The van der Waals surface area contributed by atoms with E-state index in [0.29, 0.717) is 21.8 Å². The van der Waals surface area contributed by atoms with Gasteiger partial charge >= 0.3 is 0 Å². The average Bonchev–Trinajstić information content (AvgIpc) is 2.69. The van der Waals surface area contributed by atoms with Crippen molar-refractivity contribution in [2.75, 3.05) is 0 Å². The van der Waals surface area contributed by atoms with Crippen molar-refractivity contribution in [2.24, 2.45) is 0 Å². The number of hydrogen-bond donors (Lipinski definition) is 0. The van der Waals surface area contributed by atoms with Crippen LogP contribution in [0.2, 0.25) is 5.02 Å². The zero-order valence-electron chi connectivity index (χ0n) is 13.8. The molecule has 0 atom stereocenters. The fourth-order valence-corrected chi connectivity index (χ4v) is 2.90. The topological polar surface area (TPSA) is 39.4 Å². The second kappa shape index (κ2) is 7.06. The molecule has 1 aromatic heterocycles. The van der Waals surface area contributed by atoms with Crippen molar-refractivity contribution in [1.29, 1.82) is 0 Å². The SMILES string of the molecule is O=c1c(OCc2ccccc2)c(-c2ccc(Cl)cc2)oc2ccccc12. The summed E-state index contributed by atoms with van der Waals surface area (Å²) < 4.78 is 11.9. The Balaban J connectivity index is 1.85. The minimum absolute atomic E-state index is 0.187. The first-order valence-electron chi connectivity index (χ1n) is 8.21. The molecule has 0 saturated heterocycles. The van der Waals surface area contributed by atoms with E-state index >= 15 is 0 Å². The van der Waals surface area contributed by atoms with Gasteiger partial charge in [0, 0.05) is 10.6 Å². The van der Waals surface area contributed by atoms with Crippen molar-refractivity contribution in [1.82, 2.24) is 0 Å². The molecule has 3 nitrogen and oxygen atoms in total. The average molecular weight is 363 g/mol. The summed E-state index contributed by atoms with van der Waals surface area (Å²) in [5.41, 5.74) is 2.05. The lowest BCUT2D eigenvalue weighted by Gasteiger charge is -2.12. The van der Waals surface area contributed by atoms with E-state index in [1.54, 1.807) is 24.3 Å². The molecule has 3 aromatic carbocycles. The standard InChI is InChI=1S/C22H15ClO3/c23-17-12-10-16(11-13-17)21-22(25-14-15-6-2-1-3-7-15)20(24)18-8-4-5-9-19(18)26-21/h1-13H,14H2. The number of benzene rings is 3. The van der Waals surface area contributed by atoms with E-state index in [0.717, 1.165) is 11.1 Å². The lowest BCUT2D eigenvalue weighted by molar-refractivity contribution is 0.298. The van der Waals surface area contributed by atoms with Crippen molar-refractivity contribution in [3.8, 4) is 17.1 Å². The molecule has 0 aliphatic rings. The van der Waals surface area contributed by atoms with Gasteiger partial charge in [-0.15, -0.1) is 0 Å². The van der Waals surface area contributed by atoms with Gasteiger partial charge in [-0.1, -0.05) is 54.1 Å².